The molecule has 1 aromatic carbocycles. The molecule has 0 atom stereocenters. The molecule has 1 heterocycles. The molecule has 0 aliphatic carbocycles. The molecule has 1 amide bonds. The average molecular weight is 327 g/mol. The molecular weight excluding hydrogens is 306 g/mol. The largest absolute Gasteiger partial charge is 0.494 e. The number of rotatable bonds is 8. The fraction of sp³-hybridized carbons (Fsp3) is 0.353. The molecule has 0 aliphatic heterocycles. The number of ether oxygens (including phenoxy) is 1. The van der Waals surface area contributed by atoms with Crippen molar-refractivity contribution in [3.05, 3.63) is 41.1 Å². The van der Waals surface area contributed by atoms with Crippen LogP contribution in [-0.4, -0.2) is 29.3 Å². The summed E-state index contributed by atoms with van der Waals surface area (Å²) in [4.78, 5) is 12.1. The maximum atomic E-state index is 12.1. The summed E-state index contributed by atoms with van der Waals surface area (Å²) < 4.78 is 5.48. The van der Waals surface area contributed by atoms with Crippen molar-refractivity contribution in [2.45, 2.75) is 26.2 Å². The van der Waals surface area contributed by atoms with E-state index in [9.17, 15) is 4.79 Å². The lowest BCUT2D eigenvalue weighted by atomic mass is 10.1. The first-order valence-electron chi connectivity index (χ1n) is 7.89. The van der Waals surface area contributed by atoms with Crippen LogP contribution >= 0.6 is 0 Å². The van der Waals surface area contributed by atoms with Crippen molar-refractivity contribution in [2.24, 2.45) is 0 Å². The van der Waals surface area contributed by atoms with E-state index in [1.165, 1.54) is 0 Å². The van der Waals surface area contributed by atoms with E-state index in [2.05, 4.69) is 15.5 Å². The van der Waals surface area contributed by atoms with Crippen LogP contribution in [-0.2, 0) is 6.42 Å². The molecule has 0 unspecified atom stereocenters. The number of nitriles is 1. The summed E-state index contributed by atoms with van der Waals surface area (Å²) in [6, 6.07) is 9.08. The van der Waals surface area contributed by atoms with E-state index in [1.807, 2.05) is 13.0 Å². The number of aryl methyl sites for hydroxylation is 1. The standard InChI is InChI=1S/C17H21N5O2/c1-2-10-24-13-7-5-12(6-8-13)17(23)20-9-3-4-15-14(11-18)16(19)22-21-15/h5-8H,2-4,9-10H2,1H3,(H,20,23)(H3,19,21,22). The number of nitrogens with one attached hydrogen (secondary N) is 2. The summed E-state index contributed by atoms with van der Waals surface area (Å²) in [5, 5.41) is 18.4. The number of hydrogen-bond donors (Lipinski definition) is 3. The van der Waals surface area contributed by atoms with E-state index >= 15 is 0 Å². The zero-order valence-corrected chi connectivity index (χ0v) is 13.6. The lowest BCUT2D eigenvalue weighted by molar-refractivity contribution is 0.0953. The first-order valence-corrected chi connectivity index (χ1v) is 7.89. The number of anilines is 1. The predicted molar refractivity (Wildman–Crippen MR) is 90.6 cm³/mol. The molecule has 0 aliphatic rings. The molecule has 0 saturated heterocycles. The first kappa shape index (κ1) is 17.3. The second-order valence-corrected chi connectivity index (χ2v) is 5.31. The number of hydrogen-bond acceptors (Lipinski definition) is 5. The van der Waals surface area contributed by atoms with Crippen molar-refractivity contribution in [3.63, 3.8) is 0 Å². The van der Waals surface area contributed by atoms with Gasteiger partial charge in [0.1, 0.15) is 17.4 Å². The third-order valence-electron chi connectivity index (χ3n) is 3.46. The predicted octanol–water partition coefficient (Wildman–Crippen LogP) is 2.01. The summed E-state index contributed by atoms with van der Waals surface area (Å²) in [6.07, 6.45) is 2.22. The summed E-state index contributed by atoms with van der Waals surface area (Å²) in [6.45, 7) is 3.20. The molecular formula is C17H21N5O2. The van der Waals surface area contributed by atoms with Gasteiger partial charge in [0, 0.05) is 12.1 Å². The van der Waals surface area contributed by atoms with Gasteiger partial charge >= 0.3 is 0 Å². The minimum Gasteiger partial charge on any atom is -0.494 e. The molecule has 0 fully saturated rings. The van der Waals surface area contributed by atoms with Crippen LogP contribution < -0.4 is 15.8 Å². The minimum absolute atomic E-state index is 0.137. The van der Waals surface area contributed by atoms with Crippen molar-refractivity contribution in [1.82, 2.24) is 15.5 Å². The van der Waals surface area contributed by atoms with Crippen LogP contribution in [0.1, 0.15) is 41.4 Å². The van der Waals surface area contributed by atoms with Gasteiger partial charge in [-0.3, -0.25) is 9.89 Å². The van der Waals surface area contributed by atoms with Crippen molar-refractivity contribution in [2.75, 3.05) is 18.9 Å². The number of carbonyl (C=O) groups excluding carboxylic acids is 1. The molecule has 4 N–H and O–H groups in total. The maximum Gasteiger partial charge on any atom is 0.251 e. The molecule has 7 nitrogen and oxygen atoms in total. The van der Waals surface area contributed by atoms with Gasteiger partial charge in [-0.25, -0.2) is 0 Å². The quantitative estimate of drug-likeness (QED) is 0.641. The van der Waals surface area contributed by atoms with Gasteiger partial charge in [0.25, 0.3) is 5.91 Å². The van der Waals surface area contributed by atoms with Crippen LogP contribution in [0.2, 0.25) is 0 Å². The highest BCUT2D eigenvalue weighted by Crippen LogP contribution is 2.14. The molecule has 2 rings (SSSR count). The van der Waals surface area contributed by atoms with Crippen molar-refractivity contribution in [3.8, 4) is 11.8 Å². The van der Waals surface area contributed by atoms with Crippen molar-refractivity contribution < 1.29 is 9.53 Å². The van der Waals surface area contributed by atoms with Crippen LogP contribution in [0.4, 0.5) is 5.82 Å². The Morgan fingerprint density at radius 3 is 2.83 bits per heavy atom. The highest BCUT2D eigenvalue weighted by Gasteiger charge is 2.10. The Bertz CT molecular complexity index is 716. The molecule has 1 aromatic heterocycles. The number of benzene rings is 1. The number of aromatic nitrogens is 2. The van der Waals surface area contributed by atoms with Gasteiger partial charge in [0.05, 0.1) is 12.3 Å². The molecule has 0 spiro atoms. The lowest BCUT2D eigenvalue weighted by Crippen LogP contribution is -2.24. The first-order chi connectivity index (χ1) is 11.7. The smallest absolute Gasteiger partial charge is 0.251 e. The summed E-state index contributed by atoms with van der Waals surface area (Å²) >= 11 is 0. The molecule has 7 heteroatoms. The normalized spacial score (nSPS) is 10.2. The number of nitrogens with zero attached hydrogens (tertiary/aromatic N) is 2. The van der Waals surface area contributed by atoms with Crippen LogP contribution in [0.25, 0.3) is 0 Å². The Morgan fingerprint density at radius 2 is 2.17 bits per heavy atom. The van der Waals surface area contributed by atoms with Gasteiger partial charge in [-0.2, -0.15) is 10.4 Å². The van der Waals surface area contributed by atoms with Gasteiger partial charge in [-0.15, -0.1) is 0 Å². The summed E-state index contributed by atoms with van der Waals surface area (Å²) in [7, 11) is 0. The monoisotopic (exact) mass is 327 g/mol. The zero-order valence-electron chi connectivity index (χ0n) is 13.6. The number of H-pyrrole nitrogens is 1. The van der Waals surface area contributed by atoms with E-state index in [0.717, 1.165) is 12.2 Å². The number of nitrogen functional groups attached to an aromatic ring is 1. The third-order valence-corrected chi connectivity index (χ3v) is 3.46. The number of nitrogens with two attached hydrogens (primary N) is 1. The highest BCUT2D eigenvalue weighted by atomic mass is 16.5. The van der Waals surface area contributed by atoms with Gasteiger partial charge in [-0.1, -0.05) is 6.92 Å². The van der Waals surface area contributed by atoms with Crippen LogP contribution in [0.3, 0.4) is 0 Å². The van der Waals surface area contributed by atoms with E-state index in [4.69, 9.17) is 15.7 Å². The highest BCUT2D eigenvalue weighted by molar-refractivity contribution is 5.94. The minimum atomic E-state index is -0.137. The van der Waals surface area contributed by atoms with Gasteiger partial charge in [0.15, 0.2) is 5.82 Å². The van der Waals surface area contributed by atoms with Gasteiger partial charge in [0.2, 0.25) is 0 Å². The maximum absolute atomic E-state index is 12.1. The van der Waals surface area contributed by atoms with Crippen molar-refractivity contribution >= 4 is 11.7 Å². The topological polar surface area (TPSA) is 117 Å². The Morgan fingerprint density at radius 1 is 1.42 bits per heavy atom. The Hall–Kier alpha value is -3.01. The van der Waals surface area contributed by atoms with Crippen LogP contribution in [0.5, 0.6) is 5.75 Å². The molecule has 24 heavy (non-hydrogen) atoms. The van der Waals surface area contributed by atoms with Crippen molar-refractivity contribution in [1.29, 1.82) is 5.26 Å². The molecule has 0 bridgehead atoms. The molecule has 2 aromatic rings. The van der Waals surface area contributed by atoms with E-state index in [-0.39, 0.29) is 11.7 Å². The Kier molecular flexibility index (Phi) is 6.20. The Labute approximate surface area is 140 Å². The second kappa shape index (κ2) is 8.58. The summed E-state index contributed by atoms with van der Waals surface area (Å²) in [5.41, 5.74) is 7.24. The fourth-order valence-corrected chi connectivity index (χ4v) is 2.19. The number of carbonyl (C=O) groups is 1. The van der Waals surface area contributed by atoms with E-state index in [0.29, 0.717) is 42.8 Å². The second-order valence-electron chi connectivity index (χ2n) is 5.31. The average Bonchev–Trinajstić information content (AvgIpc) is 2.96. The third kappa shape index (κ3) is 4.49. The lowest BCUT2D eigenvalue weighted by Gasteiger charge is -2.07. The van der Waals surface area contributed by atoms with E-state index < -0.39 is 0 Å². The fourth-order valence-electron chi connectivity index (χ4n) is 2.19. The van der Waals surface area contributed by atoms with Gasteiger partial charge in [-0.05, 0) is 43.5 Å². The van der Waals surface area contributed by atoms with Crippen LogP contribution in [0.15, 0.2) is 24.3 Å². The number of aromatic amines is 1. The summed E-state index contributed by atoms with van der Waals surface area (Å²) in [5.74, 6) is 0.831. The van der Waals surface area contributed by atoms with Crippen LogP contribution in [0, 0.1) is 11.3 Å². The number of amides is 1. The Balaban J connectivity index is 1.78. The molecule has 126 valence electrons. The molecule has 0 radical (unpaired) electrons. The van der Waals surface area contributed by atoms with E-state index in [1.54, 1.807) is 24.3 Å². The zero-order chi connectivity index (χ0) is 17.4. The SMILES string of the molecule is CCCOc1ccc(C(=O)NCCCc2[nH]nc(N)c2C#N)cc1. The van der Waals surface area contributed by atoms with Gasteiger partial charge < -0.3 is 15.8 Å². The molecule has 0 saturated carbocycles.